The lowest BCUT2D eigenvalue weighted by Crippen LogP contribution is -2.12. The number of carbonyl (C=O) groups excluding carboxylic acids is 1. The Morgan fingerprint density at radius 3 is 2.53 bits per heavy atom. The van der Waals surface area contributed by atoms with Crippen molar-refractivity contribution in [3.8, 4) is 0 Å². The number of nitrogens with zero attached hydrogens (tertiary/aromatic N) is 2. The highest BCUT2D eigenvalue weighted by Gasteiger charge is 2.00. The Bertz CT molecular complexity index is 438. The normalized spacial score (nSPS) is 10.2. The maximum atomic E-state index is 11.2. The van der Waals surface area contributed by atoms with Gasteiger partial charge in [-0.1, -0.05) is 0 Å². The van der Waals surface area contributed by atoms with E-state index in [1.807, 2.05) is 19.0 Å². The van der Waals surface area contributed by atoms with Crippen LogP contribution in [0.15, 0.2) is 30.5 Å². The second-order valence-electron chi connectivity index (χ2n) is 3.46. The summed E-state index contributed by atoms with van der Waals surface area (Å²) in [6.45, 7) is 0. The van der Waals surface area contributed by atoms with Crippen LogP contribution >= 0.6 is 0 Å². The first-order valence-corrected chi connectivity index (χ1v) is 4.84. The van der Waals surface area contributed by atoms with E-state index >= 15 is 0 Å². The molecule has 0 aliphatic rings. The highest BCUT2D eigenvalue weighted by Crippen LogP contribution is 2.11. The lowest BCUT2D eigenvalue weighted by atomic mass is 10.3. The molecule has 2 N–H and O–H groups in total. The average Bonchev–Trinajstić information content (AvgIpc) is 2.27. The van der Waals surface area contributed by atoms with Gasteiger partial charge in [-0.05, 0) is 12.1 Å². The zero-order chi connectivity index (χ0) is 12.8. The van der Waals surface area contributed by atoms with Crippen molar-refractivity contribution >= 4 is 23.4 Å². The molecule has 0 saturated heterocycles. The maximum Gasteiger partial charge on any atom is 0.328 e. The minimum Gasteiger partial charge on any atom is -0.478 e. The molecule has 0 aliphatic carbocycles. The third-order valence-electron chi connectivity index (χ3n) is 1.85. The average molecular weight is 235 g/mol. The number of hydrogen-bond donors (Lipinski definition) is 2. The molecule has 0 aromatic carbocycles. The van der Waals surface area contributed by atoms with Gasteiger partial charge in [-0.25, -0.2) is 9.78 Å². The van der Waals surface area contributed by atoms with Gasteiger partial charge in [0.1, 0.15) is 5.82 Å². The molecule has 1 aromatic rings. The van der Waals surface area contributed by atoms with E-state index in [2.05, 4.69) is 10.3 Å². The number of hydrogen-bond acceptors (Lipinski definition) is 4. The molecule has 0 saturated carbocycles. The summed E-state index contributed by atoms with van der Waals surface area (Å²) in [5, 5.41) is 10.8. The van der Waals surface area contributed by atoms with Crippen molar-refractivity contribution in [1.82, 2.24) is 4.98 Å². The van der Waals surface area contributed by atoms with Gasteiger partial charge in [0.05, 0.1) is 11.9 Å². The van der Waals surface area contributed by atoms with Crippen LogP contribution in [0.4, 0.5) is 11.5 Å². The van der Waals surface area contributed by atoms with Gasteiger partial charge in [0.2, 0.25) is 5.91 Å². The van der Waals surface area contributed by atoms with E-state index in [9.17, 15) is 9.59 Å². The third-order valence-corrected chi connectivity index (χ3v) is 1.85. The lowest BCUT2D eigenvalue weighted by Gasteiger charge is -2.11. The molecule has 1 rings (SSSR count). The van der Waals surface area contributed by atoms with Gasteiger partial charge in [-0.15, -0.1) is 0 Å². The van der Waals surface area contributed by atoms with Crippen LogP contribution in [0.2, 0.25) is 0 Å². The fourth-order valence-corrected chi connectivity index (χ4v) is 1.06. The molecule has 0 unspecified atom stereocenters. The van der Waals surface area contributed by atoms with E-state index in [1.165, 1.54) is 6.20 Å². The van der Waals surface area contributed by atoms with E-state index in [1.54, 1.807) is 12.1 Å². The van der Waals surface area contributed by atoms with Crippen LogP contribution in [0, 0.1) is 0 Å². The van der Waals surface area contributed by atoms with Gasteiger partial charge >= 0.3 is 5.97 Å². The minimum absolute atomic E-state index is 0.508. The van der Waals surface area contributed by atoms with Gasteiger partial charge < -0.3 is 15.3 Å². The fourth-order valence-electron chi connectivity index (χ4n) is 1.06. The molecule has 6 nitrogen and oxygen atoms in total. The molecular weight excluding hydrogens is 222 g/mol. The number of aromatic nitrogens is 1. The Balaban J connectivity index is 2.63. The molecular formula is C11H13N3O3. The van der Waals surface area contributed by atoms with Crippen molar-refractivity contribution in [2.75, 3.05) is 24.3 Å². The van der Waals surface area contributed by atoms with Gasteiger partial charge in [0.15, 0.2) is 0 Å². The van der Waals surface area contributed by atoms with E-state index in [-0.39, 0.29) is 0 Å². The highest BCUT2D eigenvalue weighted by molar-refractivity contribution is 6.02. The van der Waals surface area contributed by atoms with Gasteiger partial charge in [0.25, 0.3) is 0 Å². The molecule has 6 heteroatoms. The minimum atomic E-state index is -1.17. The zero-order valence-electron chi connectivity index (χ0n) is 9.54. The molecule has 17 heavy (non-hydrogen) atoms. The maximum absolute atomic E-state index is 11.2. The first kappa shape index (κ1) is 12.7. The molecule has 0 fully saturated rings. The number of aliphatic carboxylic acids is 1. The number of carbonyl (C=O) groups is 2. The van der Waals surface area contributed by atoms with Crippen LogP contribution in [-0.4, -0.2) is 36.1 Å². The van der Waals surface area contributed by atoms with Crippen LogP contribution in [-0.2, 0) is 9.59 Å². The molecule has 0 spiro atoms. The summed E-state index contributed by atoms with van der Waals surface area (Å²) in [4.78, 5) is 27.4. The van der Waals surface area contributed by atoms with Crippen molar-refractivity contribution in [3.05, 3.63) is 30.5 Å². The molecule has 1 heterocycles. The molecule has 0 radical (unpaired) electrons. The SMILES string of the molecule is CN(C)c1ccc(NC(=O)/C=C/C(=O)O)cn1. The third kappa shape index (κ3) is 4.33. The monoisotopic (exact) mass is 235 g/mol. The van der Waals surface area contributed by atoms with E-state index in [0.717, 1.165) is 18.0 Å². The second kappa shape index (κ2) is 5.64. The molecule has 1 amide bonds. The number of pyridine rings is 1. The summed E-state index contributed by atoms with van der Waals surface area (Å²) in [6, 6.07) is 3.44. The zero-order valence-corrected chi connectivity index (χ0v) is 9.54. The summed E-state index contributed by atoms with van der Waals surface area (Å²) in [7, 11) is 3.71. The summed E-state index contributed by atoms with van der Waals surface area (Å²) in [6.07, 6.45) is 3.22. The Morgan fingerprint density at radius 1 is 1.35 bits per heavy atom. The lowest BCUT2D eigenvalue weighted by molar-refractivity contribution is -0.131. The Hall–Kier alpha value is -2.37. The standard InChI is InChI=1S/C11H13N3O3/c1-14(2)9-4-3-8(7-12-9)13-10(15)5-6-11(16)17/h3-7H,1-2H3,(H,13,15)(H,16,17)/b6-5+. The summed E-state index contributed by atoms with van der Waals surface area (Å²) in [5.74, 6) is -0.905. The Kier molecular flexibility index (Phi) is 4.21. The largest absolute Gasteiger partial charge is 0.478 e. The molecule has 0 bridgehead atoms. The summed E-state index contributed by atoms with van der Waals surface area (Å²) < 4.78 is 0. The molecule has 0 atom stereocenters. The van der Waals surface area contributed by atoms with E-state index in [4.69, 9.17) is 5.11 Å². The number of anilines is 2. The quantitative estimate of drug-likeness (QED) is 0.752. The van der Waals surface area contributed by atoms with Crippen molar-refractivity contribution in [2.45, 2.75) is 0 Å². The molecule has 1 aromatic heterocycles. The smallest absolute Gasteiger partial charge is 0.328 e. The Morgan fingerprint density at radius 2 is 2.06 bits per heavy atom. The van der Waals surface area contributed by atoms with Crippen LogP contribution in [0.5, 0.6) is 0 Å². The van der Waals surface area contributed by atoms with Crippen molar-refractivity contribution in [1.29, 1.82) is 0 Å². The van der Waals surface area contributed by atoms with Crippen LogP contribution < -0.4 is 10.2 Å². The number of amides is 1. The molecule has 90 valence electrons. The number of carboxylic acids is 1. The van der Waals surface area contributed by atoms with E-state index < -0.39 is 11.9 Å². The van der Waals surface area contributed by atoms with Crippen LogP contribution in [0.3, 0.4) is 0 Å². The van der Waals surface area contributed by atoms with Crippen molar-refractivity contribution < 1.29 is 14.7 Å². The van der Waals surface area contributed by atoms with Gasteiger partial charge in [-0.3, -0.25) is 4.79 Å². The first-order chi connectivity index (χ1) is 7.99. The second-order valence-corrected chi connectivity index (χ2v) is 3.46. The van der Waals surface area contributed by atoms with Crippen molar-refractivity contribution in [2.24, 2.45) is 0 Å². The summed E-state index contributed by atoms with van der Waals surface area (Å²) >= 11 is 0. The van der Waals surface area contributed by atoms with Crippen LogP contribution in [0.25, 0.3) is 0 Å². The van der Waals surface area contributed by atoms with Gasteiger partial charge in [-0.2, -0.15) is 0 Å². The number of carboxylic acid groups (broad SMARTS) is 1. The van der Waals surface area contributed by atoms with Crippen molar-refractivity contribution in [3.63, 3.8) is 0 Å². The predicted octanol–water partition coefficient (Wildman–Crippen LogP) is 0.727. The topological polar surface area (TPSA) is 82.5 Å². The van der Waals surface area contributed by atoms with E-state index in [0.29, 0.717) is 5.69 Å². The number of rotatable bonds is 4. The number of nitrogens with one attached hydrogen (secondary N) is 1. The Labute approximate surface area is 98.6 Å². The van der Waals surface area contributed by atoms with Crippen LogP contribution in [0.1, 0.15) is 0 Å². The highest BCUT2D eigenvalue weighted by atomic mass is 16.4. The predicted molar refractivity (Wildman–Crippen MR) is 64.0 cm³/mol. The fraction of sp³-hybridized carbons (Fsp3) is 0.182. The molecule has 0 aliphatic heterocycles. The first-order valence-electron chi connectivity index (χ1n) is 4.84. The van der Waals surface area contributed by atoms with Gasteiger partial charge in [0, 0.05) is 26.2 Å². The summed E-state index contributed by atoms with van der Waals surface area (Å²) in [5.41, 5.74) is 0.510.